The molecule has 0 aliphatic heterocycles. The van der Waals surface area contributed by atoms with Gasteiger partial charge in [0.2, 0.25) is 0 Å². The summed E-state index contributed by atoms with van der Waals surface area (Å²) in [6, 6.07) is 0. The molecule has 0 aliphatic rings. The summed E-state index contributed by atoms with van der Waals surface area (Å²) in [5.74, 6) is -0.123. The molecular formula is C51H93O11P. The van der Waals surface area contributed by atoms with E-state index in [0.717, 1.165) is 63.7 Å². The van der Waals surface area contributed by atoms with Gasteiger partial charge in [-0.1, -0.05) is 211 Å². The Bertz CT molecular complexity index is 1220. The van der Waals surface area contributed by atoms with Gasteiger partial charge in [-0.3, -0.25) is 18.6 Å². The molecule has 0 aromatic carbocycles. The average molecular weight is 913 g/mol. The molecule has 0 aliphatic carbocycles. The van der Waals surface area contributed by atoms with Gasteiger partial charge in [0.15, 0.2) is 6.10 Å². The first-order chi connectivity index (χ1) is 30.5. The van der Waals surface area contributed by atoms with E-state index in [1.807, 2.05) is 36.5 Å². The number of aliphatic hydroxyl groups is 3. The predicted molar refractivity (Wildman–Crippen MR) is 257 cm³/mol. The van der Waals surface area contributed by atoms with E-state index in [0.29, 0.717) is 19.3 Å². The highest BCUT2D eigenvalue weighted by Gasteiger charge is 2.27. The van der Waals surface area contributed by atoms with Gasteiger partial charge in [0.1, 0.15) is 12.7 Å². The van der Waals surface area contributed by atoms with E-state index in [4.69, 9.17) is 23.6 Å². The number of allylic oxidation sites excluding steroid dienone is 7. The molecule has 0 aromatic heterocycles. The van der Waals surface area contributed by atoms with E-state index in [2.05, 4.69) is 32.9 Å². The van der Waals surface area contributed by atoms with Crippen LogP contribution in [-0.2, 0) is 32.7 Å². The van der Waals surface area contributed by atoms with Crippen LogP contribution < -0.4 is 0 Å². The van der Waals surface area contributed by atoms with Crippen LogP contribution in [0.5, 0.6) is 0 Å². The van der Waals surface area contributed by atoms with Crippen LogP contribution in [0.25, 0.3) is 0 Å². The van der Waals surface area contributed by atoms with E-state index in [-0.39, 0.29) is 25.6 Å². The first kappa shape index (κ1) is 60.9. The Hall–Kier alpha value is -2.11. The summed E-state index contributed by atoms with van der Waals surface area (Å²) in [6.45, 7) is 4.59. The fourth-order valence-electron chi connectivity index (χ4n) is 6.84. The van der Waals surface area contributed by atoms with Crippen molar-refractivity contribution in [3.63, 3.8) is 0 Å². The standard InChI is InChI=1S/C51H93O11P/c1-4-6-32-38-47(53)39-34-29-25-21-17-15-19-22-26-30-35-40-50(55)59-44-49(45-61-63(57,58)60-43-48(54)42-52)62-51(56)41-36-31-27-23-18-14-12-10-8-7-9-11-13-16-20-24-28-33-37-46(3)5-2/h15,17,22,25-26,29,34,39,46-49,52-54H,4-14,16,18-21,23-24,27-28,30-33,35-38,40-45H2,1-3H3,(H,57,58)/b17-15-,26-22-,29-25-,39-34+/t46?,47-,48+,49-/m1/s1. The molecule has 0 aromatic rings. The van der Waals surface area contributed by atoms with Crippen LogP contribution in [0.2, 0.25) is 0 Å². The van der Waals surface area contributed by atoms with Crippen molar-refractivity contribution in [2.75, 3.05) is 26.4 Å². The minimum absolute atomic E-state index is 0.146. The van der Waals surface area contributed by atoms with E-state index >= 15 is 0 Å². The Morgan fingerprint density at radius 1 is 0.587 bits per heavy atom. The van der Waals surface area contributed by atoms with Gasteiger partial charge < -0.3 is 29.7 Å². The Balaban J connectivity index is 4.28. The molecule has 4 N–H and O–H groups in total. The number of hydrogen-bond donors (Lipinski definition) is 4. The highest BCUT2D eigenvalue weighted by Crippen LogP contribution is 2.43. The molecule has 0 spiro atoms. The lowest BCUT2D eigenvalue weighted by molar-refractivity contribution is -0.161. The number of phosphoric acid groups is 1. The summed E-state index contributed by atoms with van der Waals surface area (Å²) >= 11 is 0. The van der Waals surface area contributed by atoms with Crippen LogP contribution in [0.4, 0.5) is 0 Å². The predicted octanol–water partition coefficient (Wildman–Crippen LogP) is 12.9. The second kappa shape index (κ2) is 45.1. The Kier molecular flexibility index (Phi) is 43.6. The lowest BCUT2D eigenvalue weighted by Gasteiger charge is -2.20. The molecule has 5 atom stereocenters. The van der Waals surface area contributed by atoms with Gasteiger partial charge in [0.05, 0.1) is 25.9 Å². The fraction of sp³-hybridized carbons (Fsp3) is 0.804. The Morgan fingerprint density at radius 3 is 1.67 bits per heavy atom. The quantitative estimate of drug-likeness (QED) is 0.0151. The normalized spacial score (nSPS) is 15.1. The molecule has 0 bridgehead atoms. The van der Waals surface area contributed by atoms with Gasteiger partial charge in [-0.25, -0.2) is 4.57 Å². The SMILES string of the molecule is CCCCC[C@@H](O)/C=C/C=C\C/C=C\C/C=C\CCCC(=O)OC[C@H](COP(=O)(O)OC[C@@H](O)CO)OC(=O)CCCCCCCCCCCCCCCCCCCCC(C)CC. The lowest BCUT2D eigenvalue weighted by atomic mass is 9.99. The maximum absolute atomic E-state index is 12.7. The first-order valence-electron chi connectivity index (χ1n) is 25.1. The molecule has 0 radical (unpaired) electrons. The zero-order chi connectivity index (χ0) is 46.5. The maximum atomic E-state index is 12.7. The molecule has 368 valence electrons. The van der Waals surface area contributed by atoms with E-state index in [1.165, 1.54) is 103 Å². The van der Waals surface area contributed by atoms with Gasteiger partial charge in [-0.05, 0) is 44.4 Å². The molecular weight excluding hydrogens is 820 g/mol. The summed E-state index contributed by atoms with van der Waals surface area (Å²) in [6.07, 6.45) is 45.5. The third-order valence-electron chi connectivity index (χ3n) is 11.1. The van der Waals surface area contributed by atoms with Crippen molar-refractivity contribution in [3.05, 3.63) is 48.6 Å². The summed E-state index contributed by atoms with van der Waals surface area (Å²) in [5, 5.41) is 28.3. The van der Waals surface area contributed by atoms with Crippen LogP contribution in [0.1, 0.15) is 213 Å². The van der Waals surface area contributed by atoms with E-state index in [1.54, 1.807) is 0 Å². The molecule has 0 saturated heterocycles. The van der Waals surface area contributed by atoms with Gasteiger partial charge in [-0.2, -0.15) is 0 Å². The number of aliphatic hydroxyl groups excluding tert-OH is 3. The molecule has 0 saturated carbocycles. The molecule has 63 heavy (non-hydrogen) atoms. The molecule has 2 unspecified atom stereocenters. The number of hydrogen-bond acceptors (Lipinski definition) is 10. The van der Waals surface area contributed by atoms with Gasteiger partial charge in [0, 0.05) is 12.8 Å². The Morgan fingerprint density at radius 2 is 1.10 bits per heavy atom. The third kappa shape index (κ3) is 44.9. The fourth-order valence-corrected chi connectivity index (χ4v) is 7.63. The largest absolute Gasteiger partial charge is 0.472 e. The second-order valence-corrected chi connectivity index (χ2v) is 18.7. The van der Waals surface area contributed by atoms with Gasteiger partial charge in [-0.15, -0.1) is 0 Å². The summed E-state index contributed by atoms with van der Waals surface area (Å²) < 4.78 is 32.8. The number of rotatable bonds is 46. The van der Waals surface area contributed by atoms with Crippen molar-refractivity contribution in [2.24, 2.45) is 5.92 Å². The van der Waals surface area contributed by atoms with Crippen LogP contribution >= 0.6 is 7.82 Å². The van der Waals surface area contributed by atoms with Crippen molar-refractivity contribution in [3.8, 4) is 0 Å². The van der Waals surface area contributed by atoms with Crippen LogP contribution in [-0.4, -0.2) is 76.9 Å². The Labute approximate surface area is 384 Å². The minimum atomic E-state index is -4.64. The van der Waals surface area contributed by atoms with E-state index < -0.39 is 51.8 Å². The molecule has 0 fully saturated rings. The molecule has 11 nitrogen and oxygen atoms in total. The third-order valence-corrected chi connectivity index (χ3v) is 12.1. The molecule has 12 heteroatoms. The maximum Gasteiger partial charge on any atom is 0.472 e. The van der Waals surface area contributed by atoms with Crippen molar-refractivity contribution >= 4 is 19.8 Å². The van der Waals surface area contributed by atoms with Gasteiger partial charge >= 0.3 is 19.8 Å². The zero-order valence-corrected chi connectivity index (χ0v) is 41.0. The van der Waals surface area contributed by atoms with Crippen molar-refractivity contribution in [1.29, 1.82) is 0 Å². The number of carbonyl (C=O) groups is 2. The monoisotopic (exact) mass is 913 g/mol. The number of ether oxygens (including phenoxy) is 2. The van der Waals surface area contributed by atoms with Crippen molar-refractivity contribution in [1.82, 2.24) is 0 Å². The lowest BCUT2D eigenvalue weighted by Crippen LogP contribution is -2.29. The van der Waals surface area contributed by atoms with Crippen molar-refractivity contribution in [2.45, 2.75) is 232 Å². The van der Waals surface area contributed by atoms with Gasteiger partial charge in [0.25, 0.3) is 0 Å². The second-order valence-electron chi connectivity index (χ2n) is 17.3. The molecule has 0 rings (SSSR count). The van der Waals surface area contributed by atoms with Crippen LogP contribution in [0.15, 0.2) is 48.6 Å². The van der Waals surface area contributed by atoms with Crippen LogP contribution in [0.3, 0.4) is 0 Å². The number of carbonyl (C=O) groups excluding carboxylic acids is 2. The summed E-state index contributed by atoms with van der Waals surface area (Å²) in [5.41, 5.74) is 0. The number of unbranched alkanes of at least 4 members (excludes halogenated alkanes) is 20. The summed E-state index contributed by atoms with van der Waals surface area (Å²) in [7, 11) is -4.64. The molecule has 0 amide bonds. The van der Waals surface area contributed by atoms with E-state index in [9.17, 15) is 29.3 Å². The highest BCUT2D eigenvalue weighted by molar-refractivity contribution is 7.47. The zero-order valence-electron chi connectivity index (χ0n) is 40.1. The molecule has 0 heterocycles. The highest BCUT2D eigenvalue weighted by atomic mass is 31.2. The average Bonchev–Trinajstić information content (AvgIpc) is 3.27. The smallest absolute Gasteiger partial charge is 0.462 e. The topological polar surface area (TPSA) is 169 Å². The van der Waals surface area contributed by atoms with Crippen molar-refractivity contribution < 1.29 is 52.9 Å². The minimum Gasteiger partial charge on any atom is -0.462 e. The number of esters is 2. The summed E-state index contributed by atoms with van der Waals surface area (Å²) in [4.78, 5) is 35.1. The van der Waals surface area contributed by atoms with Crippen LogP contribution in [0, 0.1) is 5.92 Å². The first-order valence-corrected chi connectivity index (χ1v) is 26.6. The number of phosphoric ester groups is 1.